The third kappa shape index (κ3) is 5.14. The van der Waals surface area contributed by atoms with E-state index in [9.17, 15) is 14.4 Å². The van der Waals surface area contributed by atoms with Crippen LogP contribution in [0.15, 0.2) is 69.1 Å². The molecule has 27 heavy (non-hydrogen) atoms. The Balaban J connectivity index is 1.58. The Kier molecular flexibility index (Phi) is 5.82. The summed E-state index contributed by atoms with van der Waals surface area (Å²) in [6, 6.07) is 10.6. The van der Waals surface area contributed by atoms with Gasteiger partial charge in [0.05, 0.1) is 4.47 Å². The van der Waals surface area contributed by atoms with Crippen molar-refractivity contribution in [2.45, 2.75) is 13.2 Å². The second kappa shape index (κ2) is 8.45. The zero-order chi connectivity index (χ0) is 19.2. The lowest BCUT2D eigenvalue weighted by molar-refractivity contribution is -0.116. The summed E-state index contributed by atoms with van der Waals surface area (Å²) in [5.41, 5.74) is 0.314. The van der Waals surface area contributed by atoms with Crippen LogP contribution in [0.25, 0.3) is 0 Å². The molecule has 3 aromatic rings. The molecule has 1 aromatic carbocycles. The van der Waals surface area contributed by atoms with E-state index in [-0.39, 0.29) is 11.0 Å². The number of amides is 1. The van der Waals surface area contributed by atoms with E-state index in [0.29, 0.717) is 18.0 Å². The molecule has 0 saturated carbocycles. The largest absolute Gasteiger partial charge is 0.489 e. The summed E-state index contributed by atoms with van der Waals surface area (Å²) in [6.07, 6.45) is 4.70. The molecule has 8 nitrogen and oxygen atoms in total. The van der Waals surface area contributed by atoms with Crippen LogP contribution in [-0.2, 0) is 17.9 Å². The Morgan fingerprint density at radius 3 is 2.70 bits per heavy atom. The van der Waals surface area contributed by atoms with Gasteiger partial charge in [-0.05, 0) is 46.3 Å². The van der Waals surface area contributed by atoms with E-state index < -0.39 is 17.2 Å². The summed E-state index contributed by atoms with van der Waals surface area (Å²) in [7, 11) is 0. The van der Waals surface area contributed by atoms with Gasteiger partial charge in [-0.25, -0.2) is 4.79 Å². The van der Waals surface area contributed by atoms with Gasteiger partial charge in [-0.1, -0.05) is 6.07 Å². The van der Waals surface area contributed by atoms with E-state index >= 15 is 0 Å². The highest BCUT2D eigenvalue weighted by Gasteiger charge is 2.08. The molecular weight excluding hydrogens is 416 g/mol. The maximum absolute atomic E-state index is 12.1. The van der Waals surface area contributed by atoms with Crippen molar-refractivity contribution in [3.05, 3.63) is 85.9 Å². The number of anilines is 1. The van der Waals surface area contributed by atoms with E-state index in [2.05, 4.69) is 31.2 Å². The Morgan fingerprint density at radius 2 is 2.00 bits per heavy atom. The number of halogens is 1. The van der Waals surface area contributed by atoms with Crippen LogP contribution in [0.5, 0.6) is 5.75 Å². The van der Waals surface area contributed by atoms with Crippen LogP contribution in [0.3, 0.4) is 0 Å². The smallest absolute Gasteiger partial charge is 0.328 e. The standard InChI is InChI=1S/C18H15BrN4O4/c19-15-9-23(18(26)22-17(15)25)10-16(24)21-13-3-5-14(6-4-13)27-11-12-2-1-7-20-8-12/h1-9H,10-11H2,(H,21,24)(H,22,25,26). The average molecular weight is 431 g/mol. The average Bonchev–Trinajstić information content (AvgIpc) is 2.66. The van der Waals surface area contributed by atoms with Crippen LogP contribution in [-0.4, -0.2) is 20.4 Å². The third-order valence-corrected chi connectivity index (χ3v) is 4.11. The molecule has 0 aliphatic heterocycles. The molecule has 1 amide bonds. The normalized spacial score (nSPS) is 10.4. The van der Waals surface area contributed by atoms with Gasteiger partial charge in [0, 0.05) is 29.8 Å². The highest BCUT2D eigenvalue weighted by atomic mass is 79.9. The third-order valence-electron chi connectivity index (χ3n) is 3.55. The van der Waals surface area contributed by atoms with Crippen molar-refractivity contribution >= 4 is 27.5 Å². The van der Waals surface area contributed by atoms with Crippen molar-refractivity contribution in [1.82, 2.24) is 14.5 Å². The molecule has 2 N–H and O–H groups in total. The van der Waals surface area contributed by atoms with Gasteiger partial charge in [0.25, 0.3) is 5.56 Å². The van der Waals surface area contributed by atoms with Crippen LogP contribution < -0.4 is 21.3 Å². The SMILES string of the molecule is O=C(Cn1cc(Br)c(=O)[nH]c1=O)Nc1ccc(OCc2cccnc2)cc1. The van der Waals surface area contributed by atoms with Gasteiger partial charge in [-0.3, -0.25) is 24.1 Å². The number of aromatic nitrogens is 3. The summed E-state index contributed by atoms with van der Waals surface area (Å²) < 4.78 is 6.93. The van der Waals surface area contributed by atoms with Crippen molar-refractivity contribution < 1.29 is 9.53 Å². The summed E-state index contributed by atoms with van der Waals surface area (Å²) in [4.78, 5) is 41.3. The highest BCUT2D eigenvalue weighted by Crippen LogP contribution is 2.17. The summed E-state index contributed by atoms with van der Waals surface area (Å²) in [5.74, 6) is 0.248. The number of pyridine rings is 1. The first-order valence-electron chi connectivity index (χ1n) is 7.92. The molecule has 0 spiro atoms. The van der Waals surface area contributed by atoms with E-state index in [0.717, 1.165) is 10.1 Å². The lowest BCUT2D eigenvalue weighted by Crippen LogP contribution is -2.33. The number of ether oxygens (including phenoxy) is 1. The Labute approximate surface area is 162 Å². The van der Waals surface area contributed by atoms with E-state index in [4.69, 9.17) is 4.74 Å². The lowest BCUT2D eigenvalue weighted by Gasteiger charge is -2.09. The first kappa shape index (κ1) is 18.6. The zero-order valence-corrected chi connectivity index (χ0v) is 15.6. The van der Waals surface area contributed by atoms with Crippen molar-refractivity contribution in [3.63, 3.8) is 0 Å². The van der Waals surface area contributed by atoms with E-state index in [1.807, 2.05) is 12.1 Å². The fraction of sp³-hybridized carbons (Fsp3) is 0.111. The van der Waals surface area contributed by atoms with Gasteiger partial charge in [0.2, 0.25) is 5.91 Å². The number of hydrogen-bond acceptors (Lipinski definition) is 5. The zero-order valence-electron chi connectivity index (χ0n) is 14.0. The van der Waals surface area contributed by atoms with Crippen molar-refractivity contribution in [1.29, 1.82) is 0 Å². The van der Waals surface area contributed by atoms with Gasteiger partial charge in [0.1, 0.15) is 18.9 Å². The number of nitrogens with one attached hydrogen (secondary N) is 2. The second-order valence-electron chi connectivity index (χ2n) is 5.59. The lowest BCUT2D eigenvalue weighted by atomic mass is 10.3. The first-order valence-corrected chi connectivity index (χ1v) is 8.71. The quantitative estimate of drug-likeness (QED) is 0.621. The fourth-order valence-corrected chi connectivity index (χ4v) is 2.59. The Morgan fingerprint density at radius 1 is 1.22 bits per heavy atom. The highest BCUT2D eigenvalue weighted by molar-refractivity contribution is 9.10. The summed E-state index contributed by atoms with van der Waals surface area (Å²) in [6.45, 7) is 0.164. The molecule has 0 aliphatic rings. The molecule has 2 heterocycles. The monoisotopic (exact) mass is 430 g/mol. The minimum Gasteiger partial charge on any atom is -0.489 e. The van der Waals surface area contributed by atoms with Crippen molar-refractivity contribution in [3.8, 4) is 5.75 Å². The molecule has 0 saturated heterocycles. The number of H-pyrrole nitrogens is 1. The van der Waals surface area contributed by atoms with Crippen molar-refractivity contribution in [2.24, 2.45) is 0 Å². The number of hydrogen-bond donors (Lipinski definition) is 2. The predicted molar refractivity (Wildman–Crippen MR) is 103 cm³/mol. The van der Waals surface area contributed by atoms with Crippen LogP contribution in [0, 0.1) is 0 Å². The van der Waals surface area contributed by atoms with Gasteiger partial charge in [0.15, 0.2) is 0 Å². The predicted octanol–water partition coefficient (Wildman–Crippen LogP) is 1.91. The molecule has 0 fully saturated rings. The number of rotatable bonds is 6. The maximum atomic E-state index is 12.1. The summed E-state index contributed by atoms with van der Waals surface area (Å²) in [5, 5.41) is 2.68. The van der Waals surface area contributed by atoms with Gasteiger partial charge in [-0.15, -0.1) is 0 Å². The van der Waals surface area contributed by atoms with Crippen LogP contribution in [0.1, 0.15) is 5.56 Å². The molecule has 0 atom stereocenters. The molecule has 0 radical (unpaired) electrons. The molecule has 0 unspecified atom stereocenters. The van der Waals surface area contributed by atoms with Gasteiger partial charge in [-0.2, -0.15) is 0 Å². The molecule has 0 bridgehead atoms. The van der Waals surface area contributed by atoms with Crippen LogP contribution in [0.2, 0.25) is 0 Å². The van der Waals surface area contributed by atoms with Gasteiger partial charge < -0.3 is 10.1 Å². The van der Waals surface area contributed by atoms with Crippen LogP contribution >= 0.6 is 15.9 Å². The van der Waals surface area contributed by atoms with E-state index in [1.54, 1.807) is 36.7 Å². The number of benzene rings is 1. The first-order chi connectivity index (χ1) is 13.0. The Bertz CT molecular complexity index is 1050. The summed E-state index contributed by atoms with van der Waals surface area (Å²) >= 11 is 3.02. The van der Waals surface area contributed by atoms with Gasteiger partial charge >= 0.3 is 5.69 Å². The molecule has 138 valence electrons. The number of nitrogens with zero attached hydrogens (tertiary/aromatic N) is 2. The van der Waals surface area contributed by atoms with Crippen LogP contribution in [0.4, 0.5) is 5.69 Å². The fourth-order valence-electron chi connectivity index (χ4n) is 2.24. The molecule has 3 rings (SSSR count). The molecule has 9 heteroatoms. The van der Waals surface area contributed by atoms with E-state index in [1.165, 1.54) is 6.20 Å². The molecule has 0 aliphatic carbocycles. The number of carbonyl (C=O) groups is 1. The minimum atomic E-state index is -0.655. The topological polar surface area (TPSA) is 106 Å². The molecule has 2 aromatic heterocycles. The van der Waals surface area contributed by atoms with Crippen molar-refractivity contribution in [2.75, 3.05) is 5.32 Å². The Hall–Kier alpha value is -3.20. The molecular formula is C18H15BrN4O4. The minimum absolute atomic E-state index is 0.171. The second-order valence-corrected chi connectivity index (χ2v) is 6.44. The maximum Gasteiger partial charge on any atom is 0.328 e. The number of aromatic amines is 1. The number of carbonyl (C=O) groups excluding carboxylic acids is 1.